The van der Waals surface area contributed by atoms with Crippen molar-refractivity contribution < 1.29 is 14.3 Å². The molecular formula is C24H40N6O3. The van der Waals surface area contributed by atoms with E-state index in [2.05, 4.69) is 27.1 Å². The van der Waals surface area contributed by atoms with E-state index in [1.165, 1.54) is 0 Å². The lowest BCUT2D eigenvalue weighted by atomic mass is 9.93. The number of piperazine rings is 1. The lowest BCUT2D eigenvalue weighted by Gasteiger charge is -2.36. The number of nitrogens with one attached hydrogen (secondary N) is 1. The summed E-state index contributed by atoms with van der Waals surface area (Å²) in [6, 6.07) is 2.02. The van der Waals surface area contributed by atoms with Crippen LogP contribution < -0.4 is 10.2 Å². The van der Waals surface area contributed by atoms with E-state index >= 15 is 0 Å². The van der Waals surface area contributed by atoms with Gasteiger partial charge in [0.2, 0.25) is 5.91 Å². The molecule has 2 aliphatic rings. The van der Waals surface area contributed by atoms with Gasteiger partial charge < -0.3 is 24.8 Å². The molecule has 2 amide bonds. The topological polar surface area (TPSA) is 90.9 Å². The second-order valence-electron chi connectivity index (χ2n) is 10.0. The number of piperidine rings is 1. The molecule has 9 heteroatoms. The summed E-state index contributed by atoms with van der Waals surface area (Å²) in [5.74, 6) is 2.49. The third kappa shape index (κ3) is 7.75. The van der Waals surface area contributed by atoms with Crippen LogP contribution in [-0.4, -0.2) is 83.2 Å². The number of amides is 2. The van der Waals surface area contributed by atoms with Gasteiger partial charge in [0.15, 0.2) is 0 Å². The van der Waals surface area contributed by atoms with Gasteiger partial charge in [0, 0.05) is 58.3 Å². The zero-order valence-corrected chi connectivity index (χ0v) is 20.7. The number of anilines is 2. The van der Waals surface area contributed by atoms with Crippen LogP contribution >= 0.6 is 0 Å². The van der Waals surface area contributed by atoms with Crippen molar-refractivity contribution in [3.05, 3.63) is 12.4 Å². The van der Waals surface area contributed by atoms with Gasteiger partial charge in [-0.05, 0) is 52.4 Å². The Morgan fingerprint density at radius 1 is 1.12 bits per heavy atom. The lowest BCUT2D eigenvalue weighted by molar-refractivity contribution is -0.133. The van der Waals surface area contributed by atoms with Crippen molar-refractivity contribution in [3.63, 3.8) is 0 Å². The van der Waals surface area contributed by atoms with Crippen LogP contribution in [0.5, 0.6) is 0 Å². The van der Waals surface area contributed by atoms with Gasteiger partial charge in [0.1, 0.15) is 23.6 Å². The van der Waals surface area contributed by atoms with E-state index in [0.29, 0.717) is 38.5 Å². The molecule has 0 unspecified atom stereocenters. The highest BCUT2D eigenvalue weighted by molar-refractivity contribution is 5.76. The number of hydrogen-bond donors (Lipinski definition) is 1. The van der Waals surface area contributed by atoms with Gasteiger partial charge in [0.05, 0.1) is 0 Å². The minimum absolute atomic E-state index is 0.184. The summed E-state index contributed by atoms with van der Waals surface area (Å²) in [4.78, 5) is 39.7. The van der Waals surface area contributed by atoms with E-state index in [0.717, 1.165) is 57.0 Å². The van der Waals surface area contributed by atoms with Crippen LogP contribution in [0.15, 0.2) is 12.4 Å². The molecule has 3 rings (SSSR count). The normalized spacial score (nSPS) is 19.4. The Morgan fingerprint density at radius 3 is 2.55 bits per heavy atom. The molecule has 0 aliphatic carbocycles. The fourth-order valence-electron chi connectivity index (χ4n) is 4.33. The molecule has 0 radical (unpaired) electrons. The molecular weight excluding hydrogens is 420 g/mol. The Balaban J connectivity index is 1.43. The van der Waals surface area contributed by atoms with Crippen molar-refractivity contribution in [2.24, 2.45) is 5.92 Å². The van der Waals surface area contributed by atoms with Gasteiger partial charge in [-0.1, -0.05) is 6.92 Å². The smallest absolute Gasteiger partial charge is 0.410 e. The van der Waals surface area contributed by atoms with Crippen molar-refractivity contribution in [1.82, 2.24) is 19.8 Å². The van der Waals surface area contributed by atoms with Gasteiger partial charge in [-0.15, -0.1) is 0 Å². The Hall–Kier alpha value is -2.58. The molecule has 0 aromatic carbocycles. The highest BCUT2D eigenvalue weighted by atomic mass is 16.6. The Bertz CT molecular complexity index is 789. The SMILES string of the molecule is CCCNc1cc(N2CCC[C@@H](CCC(=O)N3CCN(C(=O)OC(C)(C)C)CC3)C2)ncn1. The van der Waals surface area contributed by atoms with Crippen LogP contribution in [0.2, 0.25) is 0 Å². The van der Waals surface area contributed by atoms with Crippen molar-refractivity contribution in [2.45, 2.75) is 65.4 Å². The van der Waals surface area contributed by atoms with Gasteiger partial charge in [-0.3, -0.25) is 4.79 Å². The van der Waals surface area contributed by atoms with Gasteiger partial charge >= 0.3 is 6.09 Å². The first-order valence-corrected chi connectivity index (χ1v) is 12.3. The Labute approximate surface area is 197 Å². The molecule has 184 valence electrons. The van der Waals surface area contributed by atoms with Crippen LogP contribution in [0.1, 0.15) is 59.8 Å². The second kappa shape index (κ2) is 11.5. The van der Waals surface area contributed by atoms with Crippen molar-refractivity contribution in [2.75, 3.05) is 56.0 Å². The molecule has 1 N–H and O–H groups in total. The van der Waals surface area contributed by atoms with Crippen molar-refractivity contribution in [3.8, 4) is 0 Å². The lowest BCUT2D eigenvalue weighted by Crippen LogP contribution is -2.51. The molecule has 0 spiro atoms. The highest BCUT2D eigenvalue weighted by Gasteiger charge is 2.28. The maximum atomic E-state index is 12.8. The van der Waals surface area contributed by atoms with E-state index in [-0.39, 0.29) is 12.0 Å². The number of nitrogens with zero attached hydrogens (tertiary/aromatic N) is 5. The molecule has 9 nitrogen and oxygen atoms in total. The summed E-state index contributed by atoms with van der Waals surface area (Å²) in [6.07, 6.45) is 6.06. The van der Waals surface area contributed by atoms with Crippen molar-refractivity contribution >= 4 is 23.6 Å². The fraction of sp³-hybridized carbons (Fsp3) is 0.750. The van der Waals surface area contributed by atoms with E-state index in [1.54, 1.807) is 11.2 Å². The van der Waals surface area contributed by atoms with Gasteiger partial charge in [0.25, 0.3) is 0 Å². The molecule has 3 heterocycles. The zero-order chi connectivity index (χ0) is 23.8. The zero-order valence-electron chi connectivity index (χ0n) is 20.7. The van der Waals surface area contributed by atoms with Crippen LogP contribution in [0.4, 0.5) is 16.4 Å². The average molecular weight is 461 g/mol. The minimum Gasteiger partial charge on any atom is -0.444 e. The molecule has 2 fully saturated rings. The van der Waals surface area contributed by atoms with E-state index in [1.807, 2.05) is 31.7 Å². The summed E-state index contributed by atoms with van der Waals surface area (Å²) in [6.45, 7) is 12.7. The van der Waals surface area contributed by atoms with Crippen LogP contribution in [0, 0.1) is 5.92 Å². The summed E-state index contributed by atoms with van der Waals surface area (Å²) in [5.41, 5.74) is -0.503. The summed E-state index contributed by atoms with van der Waals surface area (Å²) in [7, 11) is 0. The van der Waals surface area contributed by atoms with Gasteiger partial charge in [-0.2, -0.15) is 0 Å². The fourth-order valence-corrected chi connectivity index (χ4v) is 4.33. The maximum absolute atomic E-state index is 12.8. The standard InChI is InChI=1S/C24H40N6O3/c1-5-10-25-20-16-21(27-18-26-20)30-11-6-7-19(17-30)8-9-22(31)28-12-14-29(15-13-28)23(32)33-24(2,3)4/h16,18-19H,5-15,17H2,1-4H3,(H,25,26,27)/t19-/m0/s1. The highest BCUT2D eigenvalue weighted by Crippen LogP contribution is 2.26. The third-order valence-electron chi connectivity index (χ3n) is 6.10. The molecule has 0 bridgehead atoms. The molecule has 1 aromatic rings. The van der Waals surface area contributed by atoms with Crippen LogP contribution in [0.25, 0.3) is 0 Å². The van der Waals surface area contributed by atoms with E-state index < -0.39 is 5.60 Å². The summed E-state index contributed by atoms with van der Waals surface area (Å²) < 4.78 is 5.44. The number of ether oxygens (including phenoxy) is 1. The first-order valence-electron chi connectivity index (χ1n) is 12.3. The number of carbonyl (C=O) groups is 2. The molecule has 33 heavy (non-hydrogen) atoms. The number of hydrogen-bond acceptors (Lipinski definition) is 7. The third-order valence-corrected chi connectivity index (χ3v) is 6.10. The molecule has 2 aliphatic heterocycles. The molecule has 0 saturated carbocycles. The Morgan fingerprint density at radius 2 is 1.85 bits per heavy atom. The molecule has 1 aromatic heterocycles. The average Bonchev–Trinajstić information content (AvgIpc) is 2.80. The predicted molar refractivity (Wildman–Crippen MR) is 129 cm³/mol. The number of carbonyl (C=O) groups excluding carboxylic acids is 2. The largest absolute Gasteiger partial charge is 0.444 e. The molecule has 1 atom stereocenters. The number of aromatic nitrogens is 2. The summed E-state index contributed by atoms with van der Waals surface area (Å²) >= 11 is 0. The quantitative estimate of drug-likeness (QED) is 0.667. The predicted octanol–water partition coefficient (Wildman–Crippen LogP) is 3.37. The van der Waals surface area contributed by atoms with Crippen LogP contribution in [-0.2, 0) is 9.53 Å². The van der Waals surface area contributed by atoms with E-state index in [4.69, 9.17) is 4.74 Å². The monoisotopic (exact) mass is 460 g/mol. The summed E-state index contributed by atoms with van der Waals surface area (Å²) in [5, 5.41) is 3.32. The first-order chi connectivity index (χ1) is 15.7. The minimum atomic E-state index is -0.503. The second-order valence-corrected chi connectivity index (χ2v) is 10.0. The van der Waals surface area contributed by atoms with Crippen LogP contribution in [0.3, 0.4) is 0 Å². The maximum Gasteiger partial charge on any atom is 0.410 e. The van der Waals surface area contributed by atoms with Gasteiger partial charge in [-0.25, -0.2) is 14.8 Å². The first kappa shape index (κ1) is 25.1. The Kier molecular flexibility index (Phi) is 8.74. The number of rotatable bonds is 7. The van der Waals surface area contributed by atoms with E-state index in [9.17, 15) is 9.59 Å². The van der Waals surface area contributed by atoms with Crippen molar-refractivity contribution in [1.29, 1.82) is 0 Å². The molecule has 2 saturated heterocycles.